The van der Waals surface area contributed by atoms with Gasteiger partial charge in [-0.15, -0.1) is 10.2 Å². The fourth-order valence-electron chi connectivity index (χ4n) is 9.44. The molecule has 20 nitrogen and oxygen atoms in total. The van der Waals surface area contributed by atoms with Crippen molar-refractivity contribution in [3.05, 3.63) is 143 Å². The summed E-state index contributed by atoms with van der Waals surface area (Å²) >= 11 is 0. The molecule has 80 heavy (non-hydrogen) atoms. The second kappa shape index (κ2) is 25.9. The van der Waals surface area contributed by atoms with E-state index >= 15 is 0 Å². The summed E-state index contributed by atoms with van der Waals surface area (Å²) in [6, 6.07) is 28.6. The predicted molar refractivity (Wildman–Crippen MR) is 300 cm³/mol. The number of amides is 4. The standard InChI is InChI=1S/C60H60N14O6/c1-69-49-37-45(21-23-51(49)79-41-47(59(69)77)61-57(75)55-63-53(65-67-55)39-43-15-7-5-8-16-43)19-13-27-73-33-29-71(30-34-73)25-11-3-4-12-26-72-31-35-74(36-32-72)28-14-20-46-22-24-52-50(38-46)70(2)60(78)48(42-80-52)62-58(76)56-64-54(66-68-56)40-44-17-9-6-10-18-44/h5-10,15-18,21-24,37-38,47-48H,25-36,39-42H2,1-2H3,(H,61,75)(H,62,76)(H,63,65,67)(H,64,66,68)/t47-,48-/m0/s1. The van der Waals surface area contributed by atoms with Crippen molar-refractivity contribution >= 4 is 35.0 Å². The van der Waals surface area contributed by atoms with E-state index in [9.17, 15) is 19.2 Å². The van der Waals surface area contributed by atoms with Gasteiger partial charge in [0.2, 0.25) is 11.6 Å². The Morgan fingerprint density at radius 3 is 1.30 bits per heavy atom. The molecule has 4 N–H and O–H groups in total. The average molecular weight is 1070 g/mol. The lowest BCUT2D eigenvalue weighted by molar-refractivity contribution is -0.121. The normalized spacial score (nSPS) is 17.6. The number of ether oxygens (including phenoxy) is 2. The molecule has 4 aromatic carbocycles. The van der Waals surface area contributed by atoms with Crippen molar-refractivity contribution in [1.82, 2.24) is 60.6 Å². The molecule has 4 aliphatic rings. The van der Waals surface area contributed by atoms with Crippen molar-refractivity contribution in [3.8, 4) is 58.9 Å². The van der Waals surface area contributed by atoms with Crippen LogP contribution in [0.25, 0.3) is 0 Å². The third kappa shape index (κ3) is 14.1. The third-order valence-electron chi connectivity index (χ3n) is 14.1. The van der Waals surface area contributed by atoms with E-state index < -0.39 is 23.9 Å². The van der Waals surface area contributed by atoms with Gasteiger partial charge in [-0.3, -0.25) is 49.0 Å². The van der Waals surface area contributed by atoms with Gasteiger partial charge in [-0.2, -0.15) is 0 Å². The molecule has 10 rings (SSSR count). The number of fused-ring (bicyclic) bond motifs is 2. The number of anilines is 2. The van der Waals surface area contributed by atoms with Crippen LogP contribution in [0.15, 0.2) is 97.1 Å². The number of rotatable bonds is 12. The Bertz CT molecular complexity index is 3240. The van der Waals surface area contributed by atoms with E-state index in [1.165, 1.54) is 9.80 Å². The lowest BCUT2D eigenvalue weighted by Gasteiger charge is -2.32. The van der Waals surface area contributed by atoms with Crippen molar-refractivity contribution in [3.63, 3.8) is 0 Å². The van der Waals surface area contributed by atoms with Crippen LogP contribution in [-0.2, 0) is 22.4 Å². The first-order valence-electron chi connectivity index (χ1n) is 26.5. The number of hydrogen-bond acceptors (Lipinski definition) is 14. The van der Waals surface area contributed by atoms with Crippen LogP contribution in [0.2, 0.25) is 0 Å². The van der Waals surface area contributed by atoms with Crippen molar-refractivity contribution < 1.29 is 28.7 Å². The summed E-state index contributed by atoms with van der Waals surface area (Å²) in [5.74, 6) is 25.9. The Morgan fingerprint density at radius 2 is 0.912 bits per heavy atom. The van der Waals surface area contributed by atoms with Crippen LogP contribution in [0, 0.1) is 47.4 Å². The fourth-order valence-corrected chi connectivity index (χ4v) is 9.44. The highest BCUT2D eigenvalue weighted by Gasteiger charge is 2.33. The van der Waals surface area contributed by atoms with Gasteiger partial charge in [0.1, 0.15) is 48.4 Å². The number of benzene rings is 4. The molecular formula is C60H60N14O6. The van der Waals surface area contributed by atoms with Gasteiger partial charge in [-0.1, -0.05) is 96.2 Å². The molecule has 2 saturated heterocycles. The molecular weight excluding hydrogens is 1010 g/mol. The average Bonchev–Trinajstić information content (AvgIpc) is 4.14. The zero-order chi connectivity index (χ0) is 55.2. The molecule has 0 unspecified atom stereocenters. The maximum absolute atomic E-state index is 13.5. The minimum absolute atomic E-state index is 0.0415. The highest BCUT2D eigenvalue weighted by molar-refractivity contribution is 6.03. The van der Waals surface area contributed by atoms with E-state index in [1.807, 2.05) is 84.9 Å². The summed E-state index contributed by atoms with van der Waals surface area (Å²) in [4.78, 5) is 74.1. The molecule has 20 heteroatoms. The molecule has 0 spiro atoms. The van der Waals surface area contributed by atoms with Crippen LogP contribution in [0.3, 0.4) is 0 Å². The number of likely N-dealkylation sites (N-methyl/N-ethyl adjacent to an activating group) is 2. The highest BCUT2D eigenvalue weighted by Crippen LogP contribution is 2.33. The van der Waals surface area contributed by atoms with Crippen molar-refractivity contribution in [2.24, 2.45) is 0 Å². The molecule has 4 amide bonds. The number of carbonyl (C=O) groups excluding carboxylic acids is 4. The summed E-state index contributed by atoms with van der Waals surface area (Å²) in [7, 11) is 3.32. The minimum Gasteiger partial charge on any atom is -0.489 e. The second-order valence-corrected chi connectivity index (χ2v) is 19.7. The van der Waals surface area contributed by atoms with Gasteiger partial charge < -0.3 is 29.9 Å². The Morgan fingerprint density at radius 1 is 0.537 bits per heavy atom. The van der Waals surface area contributed by atoms with Crippen LogP contribution >= 0.6 is 0 Å². The Balaban J connectivity index is 0.601. The molecule has 0 saturated carbocycles. The number of H-pyrrole nitrogens is 2. The summed E-state index contributed by atoms with van der Waals surface area (Å²) in [5.41, 5.74) is 4.72. The molecule has 2 aromatic heterocycles. The monoisotopic (exact) mass is 1070 g/mol. The van der Waals surface area contributed by atoms with Gasteiger partial charge in [0.15, 0.2) is 0 Å². The summed E-state index contributed by atoms with van der Waals surface area (Å²) in [6.45, 7) is 9.51. The molecule has 0 radical (unpaired) electrons. The van der Waals surface area contributed by atoms with E-state index in [2.05, 4.69) is 108 Å². The van der Waals surface area contributed by atoms with Crippen molar-refractivity contribution in [2.75, 3.05) is 116 Å². The molecule has 2 atom stereocenters. The Labute approximate surface area is 464 Å². The topological polar surface area (TPSA) is 213 Å². The van der Waals surface area contributed by atoms with Crippen LogP contribution in [0.1, 0.15) is 55.1 Å². The van der Waals surface area contributed by atoms with Gasteiger partial charge in [-0.25, -0.2) is 9.97 Å². The first-order valence-corrected chi connectivity index (χ1v) is 26.5. The largest absolute Gasteiger partial charge is 0.489 e. The molecule has 0 aliphatic carbocycles. The zero-order valence-corrected chi connectivity index (χ0v) is 44.6. The maximum Gasteiger partial charge on any atom is 0.291 e. The molecule has 6 aromatic rings. The van der Waals surface area contributed by atoms with E-state index in [1.54, 1.807) is 26.2 Å². The number of carbonyl (C=O) groups is 4. The number of aromatic nitrogens is 6. The Hall–Kier alpha value is -9.28. The second-order valence-electron chi connectivity index (χ2n) is 19.7. The zero-order valence-electron chi connectivity index (χ0n) is 44.6. The van der Waals surface area contributed by atoms with E-state index in [4.69, 9.17) is 9.47 Å². The minimum atomic E-state index is -0.936. The fraction of sp³-hybridized carbons (Fsp3) is 0.333. The number of piperazine rings is 2. The number of nitrogens with one attached hydrogen (secondary N) is 4. The highest BCUT2D eigenvalue weighted by atomic mass is 16.5. The maximum atomic E-state index is 13.5. The predicted octanol–water partition coefficient (Wildman–Crippen LogP) is 2.06. The van der Waals surface area contributed by atoms with Gasteiger partial charge in [0.25, 0.3) is 23.6 Å². The smallest absolute Gasteiger partial charge is 0.291 e. The molecule has 406 valence electrons. The molecule has 6 heterocycles. The van der Waals surface area contributed by atoms with Crippen LogP contribution in [-0.4, -0.2) is 192 Å². The van der Waals surface area contributed by atoms with Crippen LogP contribution in [0.5, 0.6) is 11.5 Å². The van der Waals surface area contributed by atoms with Crippen molar-refractivity contribution in [1.29, 1.82) is 0 Å². The van der Waals surface area contributed by atoms with Gasteiger partial charge >= 0.3 is 0 Å². The third-order valence-corrected chi connectivity index (χ3v) is 14.1. The quantitative estimate of drug-likeness (QED) is 0.129. The van der Waals surface area contributed by atoms with Crippen LogP contribution < -0.4 is 29.9 Å². The SMILES string of the molecule is CN1C(=O)[C@@H](NC(=O)c2n[nH]c(Cc3ccccc3)n2)COc2ccc(C#CCN3CCN(CC#CC#CCN4CCN(CC#Cc5ccc6c(c5)N(C)C(=O)[C@@H](NC(=O)c5n[nH]c(Cc7ccccc7)n5)CO6)CC4)CC3)cc21. The number of nitrogens with zero attached hydrogens (tertiary/aromatic N) is 10. The van der Waals surface area contributed by atoms with E-state index in [0.29, 0.717) is 73.5 Å². The first kappa shape index (κ1) is 54.1. The van der Waals surface area contributed by atoms with Gasteiger partial charge in [0.05, 0.1) is 37.6 Å². The lowest BCUT2D eigenvalue weighted by atomic mass is 10.1. The molecule has 4 aliphatic heterocycles. The summed E-state index contributed by atoms with van der Waals surface area (Å²) in [6.07, 6.45) is 0.987. The van der Waals surface area contributed by atoms with Crippen molar-refractivity contribution in [2.45, 2.75) is 24.9 Å². The van der Waals surface area contributed by atoms with Gasteiger partial charge in [0, 0.05) is 90.4 Å². The first-order chi connectivity index (χ1) is 39.1. The Kier molecular flexibility index (Phi) is 17.5. The summed E-state index contributed by atoms with van der Waals surface area (Å²) in [5, 5.41) is 19.2. The lowest BCUT2D eigenvalue weighted by Crippen LogP contribution is -2.49. The van der Waals surface area contributed by atoms with Gasteiger partial charge in [-0.05, 0) is 59.4 Å². The number of hydrogen-bond donors (Lipinski definition) is 4. The van der Waals surface area contributed by atoms with E-state index in [-0.39, 0.29) is 36.7 Å². The number of aromatic amines is 2. The van der Waals surface area contributed by atoms with E-state index in [0.717, 1.165) is 74.6 Å². The molecule has 0 bridgehead atoms. The van der Waals surface area contributed by atoms with Crippen LogP contribution in [0.4, 0.5) is 11.4 Å². The summed E-state index contributed by atoms with van der Waals surface area (Å²) < 4.78 is 12.0. The molecule has 2 fully saturated rings.